The monoisotopic (exact) mass is 178 g/mol. The van der Waals surface area contributed by atoms with Crippen molar-refractivity contribution in [3.63, 3.8) is 0 Å². The highest BCUT2D eigenvalue weighted by Gasteiger charge is 2.02. The summed E-state index contributed by atoms with van der Waals surface area (Å²) >= 11 is 0. The summed E-state index contributed by atoms with van der Waals surface area (Å²) in [6.45, 7) is 1.05. The number of hydrazine groups is 1. The predicted octanol–water partition coefficient (Wildman–Crippen LogP) is 0.870. The number of rotatable bonds is 0. The fraction of sp³-hybridized carbons (Fsp3) is 0.600. The van der Waals surface area contributed by atoms with Gasteiger partial charge in [-0.1, -0.05) is 6.08 Å². The highest BCUT2D eigenvalue weighted by atomic mass is 79.9. The molecule has 2 nitrogen and oxygen atoms in total. The van der Waals surface area contributed by atoms with Gasteiger partial charge in [0.05, 0.1) is 0 Å². The molecular formula is C5H11BrN2. The van der Waals surface area contributed by atoms with Gasteiger partial charge < -0.3 is 5.01 Å². The summed E-state index contributed by atoms with van der Waals surface area (Å²) in [5, 5.41) is 4.18. The van der Waals surface area contributed by atoms with Gasteiger partial charge in [0.2, 0.25) is 0 Å². The number of halogens is 1. The Hall–Kier alpha value is -0.0200. The number of hydrogen-bond acceptors (Lipinski definition) is 2. The van der Waals surface area contributed by atoms with Crippen LogP contribution in [0.3, 0.4) is 0 Å². The Bertz CT molecular complexity index is 92.4. The van der Waals surface area contributed by atoms with E-state index in [0.29, 0.717) is 0 Å². The van der Waals surface area contributed by atoms with Crippen LogP contribution in [0.1, 0.15) is 0 Å². The Morgan fingerprint density at radius 1 is 1.38 bits per heavy atom. The summed E-state index contributed by atoms with van der Waals surface area (Å²) in [5.74, 6) is 0. The van der Waals surface area contributed by atoms with Crippen molar-refractivity contribution >= 4 is 17.0 Å². The van der Waals surface area contributed by atoms with Crippen LogP contribution in [0, 0.1) is 0 Å². The second kappa shape index (κ2) is 3.10. The van der Waals surface area contributed by atoms with Crippen LogP contribution < -0.4 is 0 Å². The SMILES string of the molecule is Br.CN1C=CCN1C. The maximum Gasteiger partial charge on any atom is 0.0375 e. The van der Waals surface area contributed by atoms with Gasteiger partial charge in [0.25, 0.3) is 0 Å². The van der Waals surface area contributed by atoms with Crippen molar-refractivity contribution in [2.45, 2.75) is 0 Å². The molecule has 0 saturated carbocycles. The van der Waals surface area contributed by atoms with Crippen molar-refractivity contribution in [3.8, 4) is 0 Å². The van der Waals surface area contributed by atoms with E-state index >= 15 is 0 Å². The van der Waals surface area contributed by atoms with E-state index < -0.39 is 0 Å². The van der Waals surface area contributed by atoms with Crippen molar-refractivity contribution in [1.82, 2.24) is 10.0 Å². The van der Waals surface area contributed by atoms with Gasteiger partial charge in [-0.2, -0.15) is 0 Å². The van der Waals surface area contributed by atoms with Crippen molar-refractivity contribution < 1.29 is 0 Å². The van der Waals surface area contributed by atoms with Crippen LogP contribution in [-0.4, -0.2) is 30.7 Å². The van der Waals surface area contributed by atoms with Crippen molar-refractivity contribution in [3.05, 3.63) is 12.3 Å². The molecule has 0 fully saturated rings. The van der Waals surface area contributed by atoms with Gasteiger partial charge in [0.15, 0.2) is 0 Å². The van der Waals surface area contributed by atoms with Crippen molar-refractivity contribution in [2.24, 2.45) is 0 Å². The molecule has 0 radical (unpaired) electrons. The van der Waals surface area contributed by atoms with Crippen LogP contribution >= 0.6 is 17.0 Å². The molecule has 0 amide bonds. The average molecular weight is 179 g/mol. The first-order valence-electron chi connectivity index (χ1n) is 2.41. The predicted molar refractivity (Wildman–Crippen MR) is 39.9 cm³/mol. The third-order valence-corrected chi connectivity index (χ3v) is 1.23. The molecule has 0 aromatic carbocycles. The molecule has 0 spiro atoms. The largest absolute Gasteiger partial charge is 0.316 e. The molecule has 0 atom stereocenters. The molecule has 1 heterocycles. The molecule has 0 N–H and O–H groups in total. The molecule has 0 unspecified atom stereocenters. The van der Waals surface area contributed by atoms with Crippen LogP contribution in [0.25, 0.3) is 0 Å². The summed E-state index contributed by atoms with van der Waals surface area (Å²) in [6, 6.07) is 0. The molecule has 1 rings (SSSR count). The molecule has 0 aromatic rings. The van der Waals surface area contributed by atoms with E-state index in [1.165, 1.54) is 0 Å². The Balaban J connectivity index is 0.000000490. The van der Waals surface area contributed by atoms with Crippen LogP contribution in [0.4, 0.5) is 0 Å². The van der Waals surface area contributed by atoms with E-state index in [-0.39, 0.29) is 17.0 Å². The molecule has 1 aliphatic rings. The number of nitrogens with zero attached hydrogens (tertiary/aromatic N) is 2. The van der Waals surface area contributed by atoms with E-state index in [1.54, 1.807) is 0 Å². The van der Waals surface area contributed by atoms with Gasteiger partial charge in [-0.05, 0) is 0 Å². The Labute approximate surface area is 60.5 Å². The van der Waals surface area contributed by atoms with E-state index in [4.69, 9.17) is 0 Å². The fourth-order valence-electron chi connectivity index (χ4n) is 0.595. The van der Waals surface area contributed by atoms with Gasteiger partial charge in [-0.15, -0.1) is 17.0 Å². The standard InChI is InChI=1S/C5H10N2.BrH/c1-6-4-3-5-7(6)2;/h3-4H,5H2,1-2H3;1H. The van der Waals surface area contributed by atoms with Gasteiger partial charge in [0.1, 0.15) is 0 Å². The van der Waals surface area contributed by atoms with Crippen LogP contribution in [0.15, 0.2) is 12.3 Å². The first-order chi connectivity index (χ1) is 3.30. The zero-order valence-electron chi connectivity index (χ0n) is 5.16. The zero-order chi connectivity index (χ0) is 5.28. The minimum absolute atomic E-state index is 0. The molecule has 0 aliphatic carbocycles. The third kappa shape index (κ3) is 1.49. The fourth-order valence-corrected chi connectivity index (χ4v) is 0.595. The lowest BCUT2D eigenvalue weighted by Crippen LogP contribution is -2.27. The lowest BCUT2D eigenvalue weighted by atomic mass is 10.6. The van der Waals surface area contributed by atoms with Crippen LogP contribution in [0.5, 0.6) is 0 Å². The van der Waals surface area contributed by atoms with E-state index in [9.17, 15) is 0 Å². The highest BCUT2D eigenvalue weighted by molar-refractivity contribution is 8.93. The average Bonchev–Trinajstić information content (AvgIpc) is 1.91. The topological polar surface area (TPSA) is 6.48 Å². The normalized spacial score (nSPS) is 19.0. The van der Waals surface area contributed by atoms with E-state index in [0.717, 1.165) is 6.54 Å². The maximum atomic E-state index is 2.12. The van der Waals surface area contributed by atoms with Gasteiger partial charge in [0, 0.05) is 26.8 Å². The summed E-state index contributed by atoms with van der Waals surface area (Å²) in [6.07, 6.45) is 4.18. The summed E-state index contributed by atoms with van der Waals surface area (Å²) < 4.78 is 0. The summed E-state index contributed by atoms with van der Waals surface area (Å²) in [4.78, 5) is 0. The molecule has 3 heteroatoms. The number of likely N-dealkylation sites (N-methyl/N-ethyl adjacent to an activating group) is 1. The Kier molecular flexibility index (Phi) is 3.09. The van der Waals surface area contributed by atoms with Crippen molar-refractivity contribution in [2.75, 3.05) is 20.6 Å². The lowest BCUT2D eigenvalue weighted by molar-refractivity contribution is 0.117. The second-order valence-corrected chi connectivity index (χ2v) is 1.80. The molecule has 0 saturated heterocycles. The minimum Gasteiger partial charge on any atom is -0.316 e. The quantitative estimate of drug-likeness (QED) is 0.544. The Morgan fingerprint density at radius 2 is 2.00 bits per heavy atom. The van der Waals surface area contributed by atoms with Gasteiger partial charge in [-0.3, -0.25) is 0 Å². The third-order valence-electron chi connectivity index (χ3n) is 1.23. The number of hydrogen-bond donors (Lipinski definition) is 0. The first kappa shape index (κ1) is 7.98. The summed E-state index contributed by atoms with van der Waals surface area (Å²) in [7, 11) is 4.09. The maximum absolute atomic E-state index is 2.12. The molecule has 0 aromatic heterocycles. The van der Waals surface area contributed by atoms with Gasteiger partial charge >= 0.3 is 0 Å². The molecule has 48 valence electrons. The lowest BCUT2D eigenvalue weighted by Gasteiger charge is -2.18. The molecular weight excluding hydrogens is 168 g/mol. The second-order valence-electron chi connectivity index (χ2n) is 1.80. The van der Waals surface area contributed by atoms with E-state index in [1.807, 2.05) is 7.05 Å². The highest BCUT2D eigenvalue weighted by Crippen LogP contribution is 1.98. The smallest absolute Gasteiger partial charge is 0.0375 e. The molecule has 1 aliphatic heterocycles. The van der Waals surface area contributed by atoms with Crippen LogP contribution in [0.2, 0.25) is 0 Å². The van der Waals surface area contributed by atoms with Crippen LogP contribution in [-0.2, 0) is 0 Å². The van der Waals surface area contributed by atoms with E-state index in [2.05, 4.69) is 29.3 Å². The zero-order valence-corrected chi connectivity index (χ0v) is 6.88. The first-order valence-corrected chi connectivity index (χ1v) is 2.41. The minimum atomic E-state index is 0. The Morgan fingerprint density at radius 3 is 2.12 bits per heavy atom. The molecule has 0 bridgehead atoms. The molecule has 8 heavy (non-hydrogen) atoms. The summed E-state index contributed by atoms with van der Waals surface area (Å²) in [5.41, 5.74) is 0. The van der Waals surface area contributed by atoms with Gasteiger partial charge in [-0.25, -0.2) is 5.01 Å². The van der Waals surface area contributed by atoms with Crippen molar-refractivity contribution in [1.29, 1.82) is 0 Å².